The number of carbonyl (C=O) groups excluding carboxylic acids is 1. The summed E-state index contributed by atoms with van der Waals surface area (Å²) in [5, 5.41) is 0. The van der Waals surface area contributed by atoms with Crippen LogP contribution < -0.4 is 0 Å². The van der Waals surface area contributed by atoms with Crippen LogP contribution in [0.3, 0.4) is 0 Å². The maximum absolute atomic E-state index is 12.1. The van der Waals surface area contributed by atoms with E-state index in [1.54, 1.807) is 4.90 Å². The van der Waals surface area contributed by atoms with Crippen LogP contribution in [0.5, 0.6) is 0 Å². The molecule has 1 amide bonds. The Bertz CT molecular complexity index is 368. The second kappa shape index (κ2) is 6.43. The van der Waals surface area contributed by atoms with Gasteiger partial charge in [-0.3, -0.25) is 0 Å². The highest BCUT2D eigenvalue weighted by atomic mass is 16.6. The normalized spacial score (nSPS) is 11.1. The summed E-state index contributed by atoms with van der Waals surface area (Å²) in [6, 6.07) is 9.74. The summed E-state index contributed by atoms with van der Waals surface area (Å²) < 4.78 is 5.36. The van der Waals surface area contributed by atoms with Gasteiger partial charge in [-0.05, 0) is 32.8 Å². The number of benzene rings is 1. The number of carbonyl (C=O) groups is 1. The molecule has 0 aliphatic carbocycles. The molecule has 100 valence electrons. The molecule has 0 radical (unpaired) electrons. The summed E-state index contributed by atoms with van der Waals surface area (Å²) in [7, 11) is 0. The van der Waals surface area contributed by atoms with Crippen LogP contribution in [0.2, 0.25) is 0 Å². The van der Waals surface area contributed by atoms with E-state index in [0.29, 0.717) is 6.61 Å². The Kier molecular flexibility index (Phi) is 5.20. The van der Waals surface area contributed by atoms with Gasteiger partial charge in [-0.1, -0.05) is 37.3 Å². The van der Waals surface area contributed by atoms with Crippen molar-refractivity contribution in [3.05, 3.63) is 35.9 Å². The maximum atomic E-state index is 12.1. The van der Waals surface area contributed by atoms with Crippen LogP contribution >= 0.6 is 0 Å². The lowest BCUT2D eigenvalue weighted by molar-refractivity contribution is 0.0628. The highest BCUT2D eigenvalue weighted by Gasteiger charge is 2.26. The van der Waals surface area contributed by atoms with Crippen LogP contribution in [0.25, 0.3) is 0 Å². The standard InChI is InChI=1S/C15H23NO2/c1-5-11-16(15(2,3)4)14(17)18-12-13-9-7-6-8-10-13/h6-10H,5,11-12H2,1-4H3. The molecule has 0 saturated heterocycles. The van der Waals surface area contributed by atoms with Gasteiger partial charge in [-0.2, -0.15) is 0 Å². The van der Waals surface area contributed by atoms with Gasteiger partial charge in [0.25, 0.3) is 0 Å². The topological polar surface area (TPSA) is 29.5 Å². The molecule has 0 heterocycles. The molecule has 0 saturated carbocycles. The van der Waals surface area contributed by atoms with E-state index < -0.39 is 0 Å². The summed E-state index contributed by atoms with van der Waals surface area (Å²) >= 11 is 0. The number of rotatable bonds is 4. The molecule has 0 atom stereocenters. The second-order valence-electron chi connectivity index (χ2n) is 5.36. The van der Waals surface area contributed by atoms with E-state index in [4.69, 9.17) is 4.74 Å². The predicted octanol–water partition coefficient (Wildman–Crippen LogP) is 3.83. The van der Waals surface area contributed by atoms with E-state index in [9.17, 15) is 4.79 Å². The molecule has 0 bridgehead atoms. The highest BCUT2D eigenvalue weighted by molar-refractivity contribution is 5.68. The zero-order valence-electron chi connectivity index (χ0n) is 11.8. The fourth-order valence-electron chi connectivity index (χ4n) is 1.72. The third-order valence-electron chi connectivity index (χ3n) is 2.68. The largest absolute Gasteiger partial charge is 0.445 e. The van der Waals surface area contributed by atoms with Crippen LogP contribution in [-0.4, -0.2) is 23.1 Å². The zero-order valence-corrected chi connectivity index (χ0v) is 11.8. The van der Waals surface area contributed by atoms with Crippen molar-refractivity contribution in [2.24, 2.45) is 0 Å². The number of amides is 1. The lowest BCUT2D eigenvalue weighted by atomic mass is 10.1. The molecule has 18 heavy (non-hydrogen) atoms. The van der Waals surface area contributed by atoms with Crippen molar-refractivity contribution in [2.45, 2.75) is 46.3 Å². The maximum Gasteiger partial charge on any atom is 0.410 e. The van der Waals surface area contributed by atoms with Gasteiger partial charge in [0, 0.05) is 12.1 Å². The Labute approximate surface area is 110 Å². The molecular weight excluding hydrogens is 226 g/mol. The average Bonchev–Trinajstić information content (AvgIpc) is 2.33. The summed E-state index contributed by atoms with van der Waals surface area (Å²) in [5.74, 6) is 0. The Morgan fingerprint density at radius 1 is 1.22 bits per heavy atom. The Morgan fingerprint density at radius 2 is 1.83 bits per heavy atom. The summed E-state index contributed by atoms with van der Waals surface area (Å²) in [6.45, 7) is 9.17. The fraction of sp³-hybridized carbons (Fsp3) is 0.533. The molecule has 1 aromatic carbocycles. The van der Waals surface area contributed by atoms with E-state index in [0.717, 1.165) is 18.5 Å². The highest BCUT2D eigenvalue weighted by Crippen LogP contribution is 2.16. The Hall–Kier alpha value is -1.51. The lowest BCUT2D eigenvalue weighted by Gasteiger charge is -2.34. The monoisotopic (exact) mass is 249 g/mol. The smallest absolute Gasteiger partial charge is 0.410 e. The molecule has 3 heteroatoms. The van der Waals surface area contributed by atoms with Gasteiger partial charge in [0.15, 0.2) is 0 Å². The third kappa shape index (κ3) is 4.40. The molecule has 1 rings (SSSR count). The van der Waals surface area contributed by atoms with E-state index >= 15 is 0 Å². The van der Waals surface area contributed by atoms with Gasteiger partial charge >= 0.3 is 6.09 Å². The van der Waals surface area contributed by atoms with E-state index in [2.05, 4.69) is 6.92 Å². The molecule has 0 spiro atoms. The first-order valence-corrected chi connectivity index (χ1v) is 6.43. The number of hydrogen-bond acceptors (Lipinski definition) is 2. The van der Waals surface area contributed by atoms with Gasteiger partial charge in [0.1, 0.15) is 6.61 Å². The predicted molar refractivity (Wildman–Crippen MR) is 73.4 cm³/mol. The summed E-state index contributed by atoms with van der Waals surface area (Å²) in [5.41, 5.74) is 0.806. The minimum Gasteiger partial charge on any atom is -0.445 e. The molecule has 0 aliphatic rings. The molecule has 0 aliphatic heterocycles. The van der Waals surface area contributed by atoms with Crippen molar-refractivity contribution in [2.75, 3.05) is 6.54 Å². The number of hydrogen-bond donors (Lipinski definition) is 0. The van der Waals surface area contributed by atoms with Gasteiger partial charge in [-0.15, -0.1) is 0 Å². The van der Waals surface area contributed by atoms with Crippen LogP contribution in [0.15, 0.2) is 30.3 Å². The minimum absolute atomic E-state index is 0.205. The Balaban J connectivity index is 2.57. The van der Waals surface area contributed by atoms with Crippen molar-refractivity contribution >= 4 is 6.09 Å². The fourth-order valence-corrected chi connectivity index (χ4v) is 1.72. The van der Waals surface area contributed by atoms with Crippen molar-refractivity contribution in [1.82, 2.24) is 4.90 Å². The van der Waals surface area contributed by atoms with Gasteiger partial charge in [0.2, 0.25) is 0 Å². The van der Waals surface area contributed by atoms with Gasteiger partial charge in [0.05, 0.1) is 0 Å². The minimum atomic E-state index is -0.242. The van der Waals surface area contributed by atoms with Crippen molar-refractivity contribution in [3.8, 4) is 0 Å². The number of ether oxygens (including phenoxy) is 1. The first kappa shape index (κ1) is 14.6. The first-order chi connectivity index (χ1) is 8.45. The molecular formula is C15H23NO2. The van der Waals surface area contributed by atoms with Gasteiger partial charge in [-0.25, -0.2) is 4.79 Å². The van der Waals surface area contributed by atoms with Crippen LogP contribution in [0.4, 0.5) is 4.79 Å². The molecule has 0 N–H and O–H groups in total. The summed E-state index contributed by atoms with van der Waals surface area (Å²) in [6.07, 6.45) is 0.686. The van der Waals surface area contributed by atoms with Gasteiger partial charge < -0.3 is 9.64 Å². The van der Waals surface area contributed by atoms with Crippen LogP contribution in [0, 0.1) is 0 Å². The number of nitrogens with zero attached hydrogens (tertiary/aromatic N) is 1. The average molecular weight is 249 g/mol. The van der Waals surface area contributed by atoms with Crippen molar-refractivity contribution < 1.29 is 9.53 Å². The molecule has 3 nitrogen and oxygen atoms in total. The van der Waals surface area contributed by atoms with E-state index in [1.807, 2.05) is 51.1 Å². The molecule has 1 aromatic rings. The van der Waals surface area contributed by atoms with E-state index in [-0.39, 0.29) is 11.6 Å². The Morgan fingerprint density at radius 3 is 2.33 bits per heavy atom. The van der Waals surface area contributed by atoms with Crippen molar-refractivity contribution in [1.29, 1.82) is 0 Å². The second-order valence-corrected chi connectivity index (χ2v) is 5.36. The van der Waals surface area contributed by atoms with Crippen molar-refractivity contribution in [3.63, 3.8) is 0 Å². The third-order valence-corrected chi connectivity index (χ3v) is 2.68. The molecule has 0 unspecified atom stereocenters. The zero-order chi connectivity index (χ0) is 13.6. The van der Waals surface area contributed by atoms with Crippen LogP contribution in [0.1, 0.15) is 39.7 Å². The SMILES string of the molecule is CCCN(C(=O)OCc1ccccc1)C(C)(C)C. The quantitative estimate of drug-likeness (QED) is 0.811. The summed E-state index contributed by atoms with van der Waals surface area (Å²) in [4.78, 5) is 13.8. The van der Waals surface area contributed by atoms with E-state index in [1.165, 1.54) is 0 Å². The molecule has 0 aromatic heterocycles. The van der Waals surface area contributed by atoms with Crippen LogP contribution in [-0.2, 0) is 11.3 Å². The lowest BCUT2D eigenvalue weighted by Crippen LogP contribution is -2.46. The molecule has 0 fully saturated rings. The first-order valence-electron chi connectivity index (χ1n) is 6.43.